The molecule has 1 fully saturated rings. The predicted octanol–water partition coefficient (Wildman–Crippen LogP) is 1.80. The minimum absolute atomic E-state index is 0.0719. The third-order valence-electron chi connectivity index (χ3n) is 2.74. The van der Waals surface area contributed by atoms with Gasteiger partial charge >= 0.3 is 6.03 Å². The number of barbiturate groups is 1. The second kappa shape index (κ2) is 5.36. The topological polar surface area (TPSA) is 66.5 Å². The number of hydrogen-bond acceptors (Lipinski definition) is 3. The van der Waals surface area contributed by atoms with Crippen molar-refractivity contribution < 1.29 is 14.4 Å². The van der Waals surface area contributed by atoms with E-state index in [2.05, 4.69) is 27.8 Å². The summed E-state index contributed by atoms with van der Waals surface area (Å²) in [6.07, 6.45) is 1.44. The number of amides is 4. The third kappa shape index (κ3) is 2.58. The molecule has 1 aromatic rings. The fraction of sp³-hybridized carbons (Fsp3) is 0.154. The Labute approximate surface area is 118 Å². The molecule has 0 radical (unpaired) electrons. The molecule has 1 atom stereocenters. The highest BCUT2D eigenvalue weighted by Gasteiger charge is 2.40. The molecule has 0 aliphatic carbocycles. The minimum Gasteiger partial charge on any atom is -0.277 e. The molecule has 0 bridgehead atoms. The smallest absolute Gasteiger partial charge is 0.277 e. The number of nitrogens with zero attached hydrogens (tertiary/aromatic N) is 1. The van der Waals surface area contributed by atoms with E-state index in [1.165, 1.54) is 6.08 Å². The Hall–Kier alpha value is -1.95. The fourth-order valence-electron chi connectivity index (χ4n) is 1.90. The van der Waals surface area contributed by atoms with Gasteiger partial charge in [0.15, 0.2) is 0 Å². The van der Waals surface area contributed by atoms with Crippen LogP contribution in [0.25, 0.3) is 0 Å². The monoisotopic (exact) mass is 322 g/mol. The Bertz CT molecular complexity index is 571. The van der Waals surface area contributed by atoms with E-state index in [4.69, 9.17) is 0 Å². The number of urea groups is 1. The summed E-state index contributed by atoms with van der Waals surface area (Å²) in [6, 6.07) is 6.18. The van der Waals surface area contributed by atoms with Crippen LogP contribution in [0.4, 0.5) is 4.79 Å². The first-order valence-electron chi connectivity index (χ1n) is 5.57. The summed E-state index contributed by atoms with van der Waals surface area (Å²) in [5, 5.41) is 2.18. The van der Waals surface area contributed by atoms with Crippen molar-refractivity contribution in [2.45, 2.75) is 5.92 Å². The van der Waals surface area contributed by atoms with Crippen molar-refractivity contribution >= 4 is 33.8 Å². The van der Waals surface area contributed by atoms with Crippen molar-refractivity contribution in [1.29, 1.82) is 0 Å². The zero-order valence-electron chi connectivity index (χ0n) is 9.93. The standard InChI is InChI=1S/C13H11BrN2O3/c1-2-6-16-12(18)10(11(17)15-13(16)19)8-4-3-5-9(14)7-8/h2-5,7,10H,1,6H2,(H,15,17,19). The molecule has 0 spiro atoms. The second-order valence-corrected chi connectivity index (χ2v) is 4.94. The highest BCUT2D eigenvalue weighted by Crippen LogP contribution is 2.25. The Morgan fingerprint density at radius 1 is 1.37 bits per heavy atom. The summed E-state index contributed by atoms with van der Waals surface area (Å²) >= 11 is 3.29. The quantitative estimate of drug-likeness (QED) is 0.681. The molecule has 1 aromatic carbocycles. The average molecular weight is 323 g/mol. The zero-order chi connectivity index (χ0) is 14.0. The molecular weight excluding hydrogens is 312 g/mol. The summed E-state index contributed by atoms with van der Waals surface area (Å²) in [6.45, 7) is 3.56. The summed E-state index contributed by atoms with van der Waals surface area (Å²) < 4.78 is 0.762. The second-order valence-electron chi connectivity index (χ2n) is 4.02. The lowest BCUT2D eigenvalue weighted by molar-refractivity contribution is -0.138. The van der Waals surface area contributed by atoms with E-state index < -0.39 is 23.8 Å². The van der Waals surface area contributed by atoms with Crippen LogP contribution in [-0.4, -0.2) is 29.3 Å². The first kappa shape index (κ1) is 13.5. The highest BCUT2D eigenvalue weighted by atomic mass is 79.9. The van der Waals surface area contributed by atoms with Crippen LogP contribution in [0.1, 0.15) is 11.5 Å². The molecule has 1 heterocycles. The molecule has 1 unspecified atom stereocenters. The number of carbonyl (C=O) groups excluding carboxylic acids is 3. The summed E-state index contributed by atoms with van der Waals surface area (Å²) in [5.41, 5.74) is 0.540. The summed E-state index contributed by atoms with van der Waals surface area (Å²) in [7, 11) is 0. The molecule has 1 N–H and O–H groups in total. The van der Waals surface area contributed by atoms with Crippen molar-refractivity contribution in [1.82, 2.24) is 10.2 Å². The lowest BCUT2D eigenvalue weighted by Crippen LogP contribution is -2.56. The van der Waals surface area contributed by atoms with E-state index in [0.717, 1.165) is 9.37 Å². The van der Waals surface area contributed by atoms with Gasteiger partial charge in [0.25, 0.3) is 0 Å². The average Bonchev–Trinajstić information content (AvgIpc) is 2.34. The Kier molecular flexibility index (Phi) is 3.80. The van der Waals surface area contributed by atoms with Crippen LogP contribution >= 0.6 is 15.9 Å². The molecule has 0 saturated carbocycles. The van der Waals surface area contributed by atoms with Crippen LogP contribution in [0.5, 0.6) is 0 Å². The fourth-order valence-corrected chi connectivity index (χ4v) is 2.31. The molecule has 0 aromatic heterocycles. The lowest BCUT2D eigenvalue weighted by Gasteiger charge is -2.29. The van der Waals surface area contributed by atoms with E-state index >= 15 is 0 Å². The maximum Gasteiger partial charge on any atom is 0.331 e. The number of nitrogens with one attached hydrogen (secondary N) is 1. The van der Waals surface area contributed by atoms with Crippen LogP contribution in [0, 0.1) is 0 Å². The molecule has 2 rings (SSSR count). The van der Waals surface area contributed by atoms with E-state index in [-0.39, 0.29) is 6.54 Å². The number of halogens is 1. The normalized spacial score (nSPS) is 19.3. The van der Waals surface area contributed by atoms with Crippen molar-refractivity contribution in [3.05, 3.63) is 47.0 Å². The van der Waals surface area contributed by atoms with Crippen LogP contribution < -0.4 is 5.32 Å². The largest absolute Gasteiger partial charge is 0.331 e. The van der Waals surface area contributed by atoms with Gasteiger partial charge in [0.1, 0.15) is 5.92 Å². The highest BCUT2D eigenvalue weighted by molar-refractivity contribution is 9.10. The minimum atomic E-state index is -1.00. The van der Waals surface area contributed by atoms with Gasteiger partial charge < -0.3 is 0 Å². The molecule has 1 aliphatic heterocycles. The van der Waals surface area contributed by atoms with E-state index in [9.17, 15) is 14.4 Å². The van der Waals surface area contributed by atoms with Gasteiger partial charge in [-0.1, -0.05) is 34.1 Å². The van der Waals surface area contributed by atoms with Crippen LogP contribution in [0.15, 0.2) is 41.4 Å². The van der Waals surface area contributed by atoms with Gasteiger partial charge in [0, 0.05) is 11.0 Å². The maximum absolute atomic E-state index is 12.2. The van der Waals surface area contributed by atoms with Crippen molar-refractivity contribution in [2.75, 3.05) is 6.54 Å². The molecule has 6 heteroatoms. The third-order valence-corrected chi connectivity index (χ3v) is 3.24. The van der Waals surface area contributed by atoms with Gasteiger partial charge in [-0.15, -0.1) is 6.58 Å². The summed E-state index contributed by atoms with van der Waals surface area (Å²) in [5.74, 6) is -2.14. The van der Waals surface area contributed by atoms with Gasteiger partial charge in [-0.2, -0.15) is 0 Å². The first-order chi connectivity index (χ1) is 9.04. The van der Waals surface area contributed by atoms with Gasteiger partial charge in [-0.05, 0) is 17.7 Å². The van der Waals surface area contributed by atoms with Gasteiger partial charge in [-0.25, -0.2) is 4.79 Å². The van der Waals surface area contributed by atoms with Gasteiger partial charge in [0.05, 0.1) is 0 Å². The van der Waals surface area contributed by atoms with Crippen LogP contribution in [0.3, 0.4) is 0 Å². The molecule has 98 valence electrons. The van der Waals surface area contributed by atoms with E-state index in [0.29, 0.717) is 5.56 Å². The molecular formula is C13H11BrN2O3. The van der Waals surface area contributed by atoms with Crippen molar-refractivity contribution in [3.8, 4) is 0 Å². The Balaban J connectivity index is 2.38. The SMILES string of the molecule is C=CCN1C(=O)NC(=O)C(c2cccc(Br)c2)C1=O. The van der Waals surface area contributed by atoms with Crippen LogP contribution in [-0.2, 0) is 9.59 Å². The molecule has 5 nitrogen and oxygen atoms in total. The first-order valence-corrected chi connectivity index (χ1v) is 6.36. The summed E-state index contributed by atoms with van der Waals surface area (Å²) in [4.78, 5) is 36.6. The van der Waals surface area contributed by atoms with E-state index in [1.54, 1.807) is 24.3 Å². The lowest BCUT2D eigenvalue weighted by atomic mass is 9.95. The number of hydrogen-bond donors (Lipinski definition) is 1. The van der Waals surface area contributed by atoms with Crippen molar-refractivity contribution in [2.24, 2.45) is 0 Å². The molecule has 1 saturated heterocycles. The number of imide groups is 2. The number of carbonyl (C=O) groups is 3. The van der Waals surface area contributed by atoms with E-state index in [1.807, 2.05) is 0 Å². The van der Waals surface area contributed by atoms with Gasteiger partial charge in [-0.3, -0.25) is 19.8 Å². The maximum atomic E-state index is 12.2. The Morgan fingerprint density at radius 2 is 2.11 bits per heavy atom. The molecule has 1 aliphatic rings. The zero-order valence-corrected chi connectivity index (χ0v) is 11.5. The number of benzene rings is 1. The predicted molar refractivity (Wildman–Crippen MR) is 72.3 cm³/mol. The number of rotatable bonds is 3. The van der Waals surface area contributed by atoms with Crippen molar-refractivity contribution in [3.63, 3.8) is 0 Å². The molecule has 4 amide bonds. The van der Waals surface area contributed by atoms with Crippen LogP contribution in [0.2, 0.25) is 0 Å². The molecule has 19 heavy (non-hydrogen) atoms. The van der Waals surface area contributed by atoms with Gasteiger partial charge in [0.2, 0.25) is 11.8 Å². The Morgan fingerprint density at radius 3 is 2.74 bits per heavy atom.